The van der Waals surface area contributed by atoms with E-state index in [0.29, 0.717) is 11.3 Å². The smallest absolute Gasteiger partial charge is 0.360 e. The minimum atomic E-state index is -1.39. The molecule has 0 unspecified atom stereocenters. The Labute approximate surface area is 107 Å². The quantitative estimate of drug-likeness (QED) is 0.892. The summed E-state index contributed by atoms with van der Waals surface area (Å²) in [7, 11) is 1.55. The van der Waals surface area contributed by atoms with Crippen LogP contribution in [0.1, 0.15) is 16.2 Å². The second-order valence-electron chi connectivity index (χ2n) is 4.07. The molecule has 0 bridgehead atoms. The fraction of sp³-hybridized carbons (Fsp3) is 0.154. The van der Waals surface area contributed by atoms with Crippen molar-refractivity contribution in [2.45, 2.75) is 6.92 Å². The number of carboxylic acid groups (broad SMARTS) is 1. The minimum Gasteiger partial charge on any atom is -0.476 e. The third-order valence-corrected chi connectivity index (χ3v) is 2.87. The lowest BCUT2D eigenvalue weighted by Gasteiger charge is -2.10. The number of carbonyl (C=O) groups is 1. The Hall–Kier alpha value is -2.50. The van der Waals surface area contributed by atoms with Crippen LogP contribution in [-0.2, 0) is 7.05 Å². The van der Waals surface area contributed by atoms with E-state index in [0.717, 1.165) is 0 Å². The Bertz CT molecular complexity index is 705. The summed E-state index contributed by atoms with van der Waals surface area (Å²) in [6.07, 6.45) is 0. The normalized spacial score (nSPS) is 10.5. The van der Waals surface area contributed by atoms with Crippen molar-refractivity contribution >= 4 is 5.97 Å². The van der Waals surface area contributed by atoms with E-state index in [1.165, 1.54) is 28.9 Å². The number of halogens is 1. The van der Waals surface area contributed by atoms with Gasteiger partial charge in [0, 0.05) is 12.7 Å². The summed E-state index contributed by atoms with van der Waals surface area (Å²) in [5.41, 5.74) is -0.0250. The molecule has 2 aromatic rings. The van der Waals surface area contributed by atoms with Crippen LogP contribution in [0.25, 0.3) is 11.1 Å². The molecule has 0 atom stereocenters. The van der Waals surface area contributed by atoms with Crippen LogP contribution in [0.2, 0.25) is 0 Å². The van der Waals surface area contributed by atoms with Gasteiger partial charge < -0.3 is 5.11 Å². The van der Waals surface area contributed by atoms with Gasteiger partial charge in [0.05, 0.1) is 5.56 Å². The molecule has 1 aromatic heterocycles. The molecule has 1 N–H and O–H groups in total. The van der Waals surface area contributed by atoms with Crippen LogP contribution in [0.5, 0.6) is 0 Å². The topological polar surface area (TPSA) is 72.2 Å². The molecule has 2 rings (SSSR count). The van der Waals surface area contributed by atoms with Gasteiger partial charge in [-0.1, -0.05) is 12.1 Å². The molecule has 0 saturated carbocycles. The number of hydrogen-bond acceptors (Lipinski definition) is 3. The summed E-state index contributed by atoms with van der Waals surface area (Å²) in [5, 5.41) is 12.7. The molecule has 0 aliphatic heterocycles. The third-order valence-electron chi connectivity index (χ3n) is 2.87. The zero-order valence-electron chi connectivity index (χ0n) is 10.3. The Kier molecular flexibility index (Phi) is 3.16. The first kappa shape index (κ1) is 12.9. The summed E-state index contributed by atoms with van der Waals surface area (Å²) in [5.74, 6) is -1.81. The number of hydrogen-bond donors (Lipinski definition) is 1. The molecule has 0 fully saturated rings. The standard InChI is InChI=1S/C13H11FN2O3/c1-7-10(8-3-5-9(14)6-4-8)12(17)11(13(18)19)15-16(7)2/h3-6H,1-2H3,(H,18,19). The van der Waals surface area contributed by atoms with Crippen molar-refractivity contribution in [3.05, 3.63) is 51.7 Å². The van der Waals surface area contributed by atoms with Crippen molar-refractivity contribution < 1.29 is 14.3 Å². The van der Waals surface area contributed by atoms with E-state index in [1.807, 2.05) is 0 Å². The fourth-order valence-corrected chi connectivity index (χ4v) is 1.81. The van der Waals surface area contributed by atoms with E-state index in [9.17, 15) is 14.0 Å². The van der Waals surface area contributed by atoms with Crippen molar-refractivity contribution in [3.8, 4) is 11.1 Å². The van der Waals surface area contributed by atoms with Gasteiger partial charge in [-0.2, -0.15) is 5.10 Å². The molecule has 0 amide bonds. The number of carboxylic acids is 1. The Morgan fingerprint density at radius 2 is 1.89 bits per heavy atom. The maximum absolute atomic E-state index is 12.9. The number of aryl methyl sites for hydroxylation is 1. The average Bonchev–Trinajstić information content (AvgIpc) is 2.36. The molecule has 19 heavy (non-hydrogen) atoms. The number of aromatic carboxylic acids is 1. The molecule has 1 heterocycles. The van der Waals surface area contributed by atoms with E-state index in [1.54, 1.807) is 14.0 Å². The van der Waals surface area contributed by atoms with Gasteiger partial charge in [0.1, 0.15) is 5.82 Å². The highest BCUT2D eigenvalue weighted by Crippen LogP contribution is 2.19. The molecule has 1 aromatic carbocycles. The number of aromatic nitrogens is 2. The van der Waals surface area contributed by atoms with Gasteiger partial charge >= 0.3 is 5.97 Å². The fourth-order valence-electron chi connectivity index (χ4n) is 1.81. The van der Waals surface area contributed by atoms with E-state index in [4.69, 9.17) is 5.11 Å². The van der Waals surface area contributed by atoms with Crippen LogP contribution in [0.4, 0.5) is 4.39 Å². The van der Waals surface area contributed by atoms with Crippen LogP contribution in [0.15, 0.2) is 29.1 Å². The molecule has 0 radical (unpaired) electrons. The van der Waals surface area contributed by atoms with E-state index < -0.39 is 22.9 Å². The molecular weight excluding hydrogens is 251 g/mol. The number of nitrogens with zero attached hydrogens (tertiary/aromatic N) is 2. The molecule has 0 spiro atoms. The highest BCUT2D eigenvalue weighted by molar-refractivity contribution is 5.87. The van der Waals surface area contributed by atoms with Gasteiger partial charge in [-0.15, -0.1) is 0 Å². The van der Waals surface area contributed by atoms with Crippen molar-refractivity contribution in [3.63, 3.8) is 0 Å². The summed E-state index contributed by atoms with van der Waals surface area (Å²) < 4.78 is 14.2. The predicted octanol–water partition coefficient (Wildman–Crippen LogP) is 1.59. The van der Waals surface area contributed by atoms with Gasteiger partial charge in [-0.05, 0) is 24.6 Å². The highest BCUT2D eigenvalue weighted by atomic mass is 19.1. The average molecular weight is 262 g/mol. The van der Waals surface area contributed by atoms with Gasteiger partial charge in [0.15, 0.2) is 0 Å². The van der Waals surface area contributed by atoms with Crippen LogP contribution < -0.4 is 5.43 Å². The van der Waals surface area contributed by atoms with Crippen molar-refractivity contribution in [2.24, 2.45) is 7.05 Å². The zero-order chi connectivity index (χ0) is 14.2. The van der Waals surface area contributed by atoms with Crippen molar-refractivity contribution in [2.75, 3.05) is 0 Å². The highest BCUT2D eigenvalue weighted by Gasteiger charge is 2.19. The zero-order valence-corrected chi connectivity index (χ0v) is 10.3. The SMILES string of the molecule is Cc1c(-c2ccc(F)cc2)c(=O)c(C(=O)O)nn1C. The van der Waals surface area contributed by atoms with E-state index in [-0.39, 0.29) is 5.56 Å². The van der Waals surface area contributed by atoms with Gasteiger partial charge in [0.2, 0.25) is 11.1 Å². The summed E-state index contributed by atoms with van der Waals surface area (Å²) in [6.45, 7) is 1.65. The summed E-state index contributed by atoms with van der Waals surface area (Å²) in [4.78, 5) is 23.1. The lowest BCUT2D eigenvalue weighted by atomic mass is 10.0. The lowest BCUT2D eigenvalue weighted by Crippen LogP contribution is -2.24. The second-order valence-corrected chi connectivity index (χ2v) is 4.07. The maximum atomic E-state index is 12.9. The second kappa shape index (κ2) is 4.64. The Morgan fingerprint density at radius 3 is 2.42 bits per heavy atom. The van der Waals surface area contributed by atoms with Crippen molar-refractivity contribution in [1.29, 1.82) is 0 Å². The van der Waals surface area contributed by atoms with Gasteiger partial charge in [-0.3, -0.25) is 9.48 Å². The number of rotatable bonds is 2. The van der Waals surface area contributed by atoms with E-state index in [2.05, 4.69) is 5.10 Å². The first-order valence-electron chi connectivity index (χ1n) is 5.49. The van der Waals surface area contributed by atoms with Crippen LogP contribution in [0, 0.1) is 12.7 Å². The Balaban J connectivity index is 2.79. The van der Waals surface area contributed by atoms with Crippen LogP contribution in [0.3, 0.4) is 0 Å². The van der Waals surface area contributed by atoms with Gasteiger partial charge in [0.25, 0.3) is 0 Å². The van der Waals surface area contributed by atoms with Crippen LogP contribution >= 0.6 is 0 Å². The van der Waals surface area contributed by atoms with Crippen LogP contribution in [-0.4, -0.2) is 20.9 Å². The Morgan fingerprint density at radius 1 is 1.32 bits per heavy atom. The molecule has 5 nitrogen and oxygen atoms in total. The minimum absolute atomic E-state index is 0.218. The van der Waals surface area contributed by atoms with Gasteiger partial charge in [-0.25, -0.2) is 9.18 Å². The van der Waals surface area contributed by atoms with Crippen molar-refractivity contribution in [1.82, 2.24) is 9.78 Å². The first-order chi connectivity index (χ1) is 8.91. The molecule has 0 aliphatic rings. The largest absolute Gasteiger partial charge is 0.476 e. The van der Waals surface area contributed by atoms with E-state index >= 15 is 0 Å². The lowest BCUT2D eigenvalue weighted by molar-refractivity contribution is 0.0686. The number of benzene rings is 1. The molecule has 98 valence electrons. The molecule has 6 heteroatoms. The maximum Gasteiger partial charge on any atom is 0.360 e. The molecule has 0 aliphatic carbocycles. The predicted molar refractivity (Wildman–Crippen MR) is 66.6 cm³/mol. The molecule has 0 saturated heterocycles. The summed E-state index contributed by atoms with van der Waals surface area (Å²) in [6, 6.07) is 5.31. The monoisotopic (exact) mass is 262 g/mol. The third kappa shape index (κ3) is 2.24. The first-order valence-corrected chi connectivity index (χ1v) is 5.49. The molecular formula is C13H11FN2O3. The summed E-state index contributed by atoms with van der Waals surface area (Å²) >= 11 is 0.